The van der Waals surface area contributed by atoms with E-state index in [0.29, 0.717) is 0 Å². The van der Waals surface area contributed by atoms with E-state index in [-0.39, 0.29) is 0 Å². The molecule has 0 aromatic rings. The van der Waals surface area contributed by atoms with E-state index in [1.807, 2.05) is 0 Å². The summed E-state index contributed by atoms with van der Waals surface area (Å²) in [4.78, 5) is 9.78. The van der Waals surface area contributed by atoms with Crippen molar-refractivity contribution in [3.05, 3.63) is 0 Å². The van der Waals surface area contributed by atoms with Crippen molar-refractivity contribution in [3.63, 3.8) is 0 Å². The monoisotopic (exact) mass is 200 g/mol. The Bertz CT molecular complexity index is 174. The summed E-state index contributed by atoms with van der Waals surface area (Å²) in [6, 6.07) is 0. The quantitative estimate of drug-likeness (QED) is 0.381. The molecule has 0 bridgehead atoms. The molecule has 0 unspecified atom stereocenters. The van der Waals surface area contributed by atoms with E-state index in [1.54, 1.807) is 0 Å². The van der Waals surface area contributed by atoms with Crippen LogP contribution in [0.3, 0.4) is 0 Å². The summed E-state index contributed by atoms with van der Waals surface area (Å²) >= 11 is 0. The lowest BCUT2D eigenvalue weighted by atomic mass is 10.0. The largest absolute Gasteiger partial charge is 0.394 e. The fourth-order valence-electron chi connectivity index (χ4n) is 0.622. The number of rotatable bonds is 5. The lowest BCUT2D eigenvalue weighted by molar-refractivity contribution is -0.203. The van der Waals surface area contributed by atoms with Gasteiger partial charge < -0.3 is 25.2 Å². The number of carbonyl (C=O) groups excluding carboxylic acids is 1. The molecule has 0 saturated carbocycles. The molecule has 0 aliphatic rings. The Kier molecular flexibility index (Phi) is 4.34. The molecule has 0 amide bonds. The summed E-state index contributed by atoms with van der Waals surface area (Å²) in [5, 5.41) is 33.9. The van der Waals surface area contributed by atoms with Crippen molar-refractivity contribution in [2.24, 2.45) is 0 Å². The van der Waals surface area contributed by atoms with E-state index in [1.165, 1.54) is 0 Å². The van der Waals surface area contributed by atoms with Crippen LogP contribution in [0.4, 0.5) is 8.78 Å². The van der Waals surface area contributed by atoms with Crippen molar-refractivity contribution in [2.45, 2.75) is 24.2 Å². The summed E-state index contributed by atoms with van der Waals surface area (Å²) in [7, 11) is 0. The molecule has 4 N–H and O–H groups in total. The van der Waals surface area contributed by atoms with Crippen LogP contribution in [0.5, 0.6) is 0 Å². The van der Waals surface area contributed by atoms with Gasteiger partial charge in [-0.3, -0.25) is 0 Å². The van der Waals surface area contributed by atoms with E-state index < -0.39 is 37.1 Å². The van der Waals surface area contributed by atoms with Gasteiger partial charge in [0.05, 0.1) is 6.61 Å². The fourth-order valence-corrected chi connectivity index (χ4v) is 0.622. The molecule has 7 heteroatoms. The van der Waals surface area contributed by atoms with Crippen molar-refractivity contribution in [2.75, 3.05) is 6.61 Å². The highest BCUT2D eigenvalue weighted by Gasteiger charge is 2.48. The molecule has 0 radical (unpaired) electrons. The SMILES string of the molecule is O=C[C@H](O)C(F)(F)[C@H](O)[C@H](O)CO. The minimum Gasteiger partial charge on any atom is -0.394 e. The molecule has 0 aliphatic carbocycles. The van der Waals surface area contributed by atoms with Crippen LogP contribution in [0, 0.1) is 0 Å². The topological polar surface area (TPSA) is 98.0 Å². The molecule has 0 aromatic carbocycles. The zero-order chi connectivity index (χ0) is 10.6. The number of carbonyl (C=O) groups is 1. The minimum absolute atomic E-state index is 0.465. The van der Waals surface area contributed by atoms with Crippen LogP contribution in [-0.2, 0) is 4.79 Å². The molecule has 0 rings (SSSR count). The Balaban J connectivity index is 4.51. The first-order valence-corrected chi connectivity index (χ1v) is 3.36. The van der Waals surface area contributed by atoms with Gasteiger partial charge >= 0.3 is 5.92 Å². The summed E-state index contributed by atoms with van der Waals surface area (Å²) in [5.41, 5.74) is 0. The van der Waals surface area contributed by atoms with Gasteiger partial charge in [0, 0.05) is 0 Å². The number of hydrogen-bond donors (Lipinski definition) is 4. The number of aliphatic hydroxyl groups is 4. The number of aldehydes is 1. The predicted octanol–water partition coefficient (Wildman–Crippen LogP) is -2.10. The maximum Gasteiger partial charge on any atom is 0.308 e. The van der Waals surface area contributed by atoms with E-state index in [9.17, 15) is 13.6 Å². The molecule has 13 heavy (non-hydrogen) atoms. The summed E-state index contributed by atoms with van der Waals surface area (Å²) in [6.45, 7) is -1.09. The van der Waals surface area contributed by atoms with Crippen molar-refractivity contribution in [1.82, 2.24) is 0 Å². The normalized spacial score (nSPS) is 19.2. The molecular weight excluding hydrogens is 190 g/mol. The van der Waals surface area contributed by atoms with Gasteiger partial charge in [0.2, 0.25) is 0 Å². The number of alkyl halides is 2. The van der Waals surface area contributed by atoms with Gasteiger partial charge in [0.15, 0.2) is 12.4 Å². The molecule has 3 atom stereocenters. The van der Waals surface area contributed by atoms with Crippen LogP contribution in [-0.4, -0.2) is 57.6 Å². The second-order valence-electron chi connectivity index (χ2n) is 2.45. The summed E-state index contributed by atoms with van der Waals surface area (Å²) in [6.07, 6.45) is -7.96. The molecule has 0 fully saturated rings. The van der Waals surface area contributed by atoms with Crippen LogP contribution in [0.25, 0.3) is 0 Å². The first-order chi connectivity index (χ1) is 5.87. The van der Waals surface area contributed by atoms with E-state index in [0.717, 1.165) is 0 Å². The molecular formula is C6H10F2O5. The number of halogens is 2. The standard InChI is InChI=1S/C6H10F2O5/c7-6(8,4(12)2-10)5(13)3(11)1-9/h2-5,9,11-13H,1H2/t3-,4+,5-/m1/s1. The first kappa shape index (κ1) is 12.4. The Morgan fingerprint density at radius 1 is 1.31 bits per heavy atom. The van der Waals surface area contributed by atoms with Gasteiger partial charge in [-0.25, -0.2) is 8.78 Å². The van der Waals surface area contributed by atoms with Crippen molar-refractivity contribution in [1.29, 1.82) is 0 Å². The predicted molar refractivity (Wildman–Crippen MR) is 36.1 cm³/mol. The van der Waals surface area contributed by atoms with Crippen molar-refractivity contribution in [3.8, 4) is 0 Å². The second kappa shape index (κ2) is 4.56. The third-order valence-corrected chi connectivity index (χ3v) is 1.47. The van der Waals surface area contributed by atoms with Crippen molar-refractivity contribution >= 4 is 6.29 Å². The summed E-state index contributed by atoms with van der Waals surface area (Å²) < 4.78 is 25.3. The Morgan fingerprint density at radius 2 is 1.77 bits per heavy atom. The molecule has 78 valence electrons. The van der Waals surface area contributed by atoms with Gasteiger partial charge in [0.25, 0.3) is 0 Å². The average molecular weight is 200 g/mol. The Hall–Kier alpha value is -0.630. The zero-order valence-electron chi connectivity index (χ0n) is 6.47. The summed E-state index contributed by atoms with van der Waals surface area (Å²) in [5.74, 6) is -4.18. The van der Waals surface area contributed by atoms with Crippen LogP contribution in [0.1, 0.15) is 0 Å². The highest BCUT2D eigenvalue weighted by Crippen LogP contribution is 2.24. The number of hydrogen-bond acceptors (Lipinski definition) is 5. The maximum absolute atomic E-state index is 12.6. The van der Waals surface area contributed by atoms with Gasteiger partial charge in [-0.1, -0.05) is 0 Å². The highest BCUT2D eigenvalue weighted by molar-refractivity contribution is 5.57. The van der Waals surface area contributed by atoms with Gasteiger partial charge in [0.1, 0.15) is 12.2 Å². The van der Waals surface area contributed by atoms with Crippen LogP contribution >= 0.6 is 0 Å². The first-order valence-electron chi connectivity index (χ1n) is 3.36. The highest BCUT2D eigenvalue weighted by atomic mass is 19.3. The van der Waals surface area contributed by atoms with E-state index in [4.69, 9.17) is 20.4 Å². The smallest absolute Gasteiger partial charge is 0.308 e. The van der Waals surface area contributed by atoms with Crippen molar-refractivity contribution < 1.29 is 34.0 Å². The zero-order valence-corrected chi connectivity index (χ0v) is 6.47. The van der Waals surface area contributed by atoms with Gasteiger partial charge in [-0.05, 0) is 0 Å². The van der Waals surface area contributed by atoms with Crippen LogP contribution in [0.15, 0.2) is 0 Å². The average Bonchev–Trinajstić information content (AvgIpc) is 2.13. The lowest BCUT2D eigenvalue weighted by Gasteiger charge is -2.26. The van der Waals surface area contributed by atoms with E-state index >= 15 is 0 Å². The minimum atomic E-state index is -4.18. The Labute approximate surface area is 72.2 Å². The maximum atomic E-state index is 12.6. The molecule has 0 heterocycles. The van der Waals surface area contributed by atoms with Crippen LogP contribution < -0.4 is 0 Å². The van der Waals surface area contributed by atoms with E-state index in [2.05, 4.69) is 0 Å². The third kappa shape index (κ3) is 2.66. The lowest BCUT2D eigenvalue weighted by Crippen LogP contribution is -2.52. The van der Waals surface area contributed by atoms with Crippen LogP contribution in [0.2, 0.25) is 0 Å². The molecule has 5 nitrogen and oxygen atoms in total. The molecule has 0 aromatic heterocycles. The molecule has 0 spiro atoms. The number of aliphatic hydroxyl groups excluding tert-OH is 4. The van der Waals surface area contributed by atoms with Gasteiger partial charge in [-0.15, -0.1) is 0 Å². The fraction of sp³-hybridized carbons (Fsp3) is 0.833. The Morgan fingerprint density at radius 3 is 2.08 bits per heavy atom. The molecule has 0 aliphatic heterocycles. The molecule has 0 saturated heterocycles. The van der Waals surface area contributed by atoms with Gasteiger partial charge in [-0.2, -0.15) is 0 Å². The third-order valence-electron chi connectivity index (χ3n) is 1.47. The second-order valence-corrected chi connectivity index (χ2v) is 2.45.